The van der Waals surface area contributed by atoms with E-state index >= 15 is 0 Å². The van der Waals surface area contributed by atoms with Gasteiger partial charge in [-0.05, 0) is 36.2 Å². The second kappa shape index (κ2) is 8.03. The molecule has 0 aliphatic carbocycles. The van der Waals surface area contributed by atoms with E-state index in [9.17, 15) is 26.0 Å². The van der Waals surface area contributed by atoms with Gasteiger partial charge >= 0.3 is 6.18 Å². The molecule has 1 atom stereocenters. The van der Waals surface area contributed by atoms with Gasteiger partial charge in [-0.15, -0.1) is 0 Å². The van der Waals surface area contributed by atoms with E-state index in [1.54, 1.807) is 0 Å². The van der Waals surface area contributed by atoms with Crippen molar-refractivity contribution < 1.29 is 26.0 Å². The SMILES string of the molecule is CC(C)[C@@H]1CN(c2ccc(F)c(S(N)(=O)=O)c2)CCN1c1ccc(C(F)(F)F)cn1. The molecule has 1 saturated heterocycles. The van der Waals surface area contributed by atoms with E-state index < -0.39 is 32.5 Å². The van der Waals surface area contributed by atoms with Crippen LogP contribution in [0, 0.1) is 11.7 Å². The number of nitrogens with two attached hydrogens (primary N) is 1. The quantitative estimate of drug-likeness (QED) is 0.730. The van der Waals surface area contributed by atoms with Crippen molar-refractivity contribution in [3.63, 3.8) is 0 Å². The Balaban J connectivity index is 1.86. The number of pyridine rings is 1. The topological polar surface area (TPSA) is 79.5 Å². The second-order valence-electron chi connectivity index (χ2n) is 7.51. The van der Waals surface area contributed by atoms with E-state index in [0.717, 1.165) is 18.3 Å². The molecule has 1 fully saturated rings. The van der Waals surface area contributed by atoms with Crippen LogP contribution in [-0.4, -0.2) is 39.1 Å². The van der Waals surface area contributed by atoms with E-state index in [1.165, 1.54) is 18.2 Å². The van der Waals surface area contributed by atoms with Crippen molar-refractivity contribution in [1.29, 1.82) is 0 Å². The van der Waals surface area contributed by atoms with Crippen molar-refractivity contribution in [3.05, 3.63) is 47.9 Å². The summed E-state index contributed by atoms with van der Waals surface area (Å²) >= 11 is 0. The molecular formula is C19H22F4N4O2S. The van der Waals surface area contributed by atoms with Gasteiger partial charge in [0.1, 0.15) is 16.5 Å². The lowest BCUT2D eigenvalue weighted by Crippen LogP contribution is -2.56. The predicted octanol–water partition coefficient (Wildman–Crippen LogP) is 3.24. The summed E-state index contributed by atoms with van der Waals surface area (Å²) in [6, 6.07) is 5.99. The average molecular weight is 446 g/mol. The minimum absolute atomic E-state index is 0.106. The molecule has 1 aliphatic rings. The normalized spacial score (nSPS) is 18.2. The van der Waals surface area contributed by atoms with Gasteiger partial charge in [-0.2, -0.15) is 13.2 Å². The fraction of sp³-hybridized carbons (Fsp3) is 0.421. The highest BCUT2D eigenvalue weighted by atomic mass is 32.2. The Bertz CT molecular complexity index is 1010. The zero-order valence-electron chi connectivity index (χ0n) is 16.4. The number of piperazine rings is 1. The van der Waals surface area contributed by atoms with Gasteiger partial charge in [-0.25, -0.2) is 22.9 Å². The summed E-state index contributed by atoms with van der Waals surface area (Å²) in [5.74, 6) is -0.366. The molecule has 2 heterocycles. The van der Waals surface area contributed by atoms with Crippen molar-refractivity contribution in [1.82, 2.24) is 4.98 Å². The number of sulfonamides is 1. The molecule has 0 amide bonds. The molecule has 1 aromatic heterocycles. The molecule has 0 spiro atoms. The third-order valence-electron chi connectivity index (χ3n) is 5.14. The average Bonchev–Trinajstić information content (AvgIpc) is 2.66. The first-order valence-corrected chi connectivity index (χ1v) is 10.8. The van der Waals surface area contributed by atoms with E-state index in [2.05, 4.69) is 4.98 Å². The van der Waals surface area contributed by atoms with E-state index in [4.69, 9.17) is 5.14 Å². The van der Waals surface area contributed by atoms with Gasteiger partial charge in [-0.3, -0.25) is 0 Å². The lowest BCUT2D eigenvalue weighted by Gasteiger charge is -2.45. The molecule has 0 radical (unpaired) electrons. The third-order valence-corrected chi connectivity index (χ3v) is 6.07. The van der Waals surface area contributed by atoms with E-state index in [0.29, 0.717) is 31.1 Å². The molecular weight excluding hydrogens is 424 g/mol. The van der Waals surface area contributed by atoms with Gasteiger partial charge in [0.25, 0.3) is 0 Å². The Labute approximate surface area is 172 Å². The summed E-state index contributed by atoms with van der Waals surface area (Å²) in [5, 5.41) is 5.09. The van der Waals surface area contributed by atoms with Crippen molar-refractivity contribution in [2.75, 3.05) is 29.4 Å². The van der Waals surface area contributed by atoms with Crippen LogP contribution in [0.4, 0.5) is 29.1 Å². The van der Waals surface area contributed by atoms with Gasteiger partial charge in [0, 0.05) is 31.5 Å². The molecule has 30 heavy (non-hydrogen) atoms. The van der Waals surface area contributed by atoms with Gasteiger partial charge < -0.3 is 9.80 Å². The Morgan fingerprint density at radius 1 is 1.17 bits per heavy atom. The second-order valence-corrected chi connectivity index (χ2v) is 9.04. The van der Waals surface area contributed by atoms with Crippen LogP contribution in [0.5, 0.6) is 0 Å². The molecule has 2 aromatic rings. The molecule has 1 aliphatic heterocycles. The number of benzene rings is 1. The first kappa shape index (κ1) is 22.3. The molecule has 0 unspecified atom stereocenters. The number of primary sulfonamides is 1. The number of alkyl halides is 3. The highest BCUT2D eigenvalue weighted by Crippen LogP contribution is 2.32. The monoisotopic (exact) mass is 446 g/mol. The van der Waals surface area contributed by atoms with Crippen LogP contribution in [0.2, 0.25) is 0 Å². The third kappa shape index (κ3) is 4.67. The minimum atomic E-state index is -4.45. The molecule has 3 rings (SSSR count). The standard InChI is InChI=1S/C19H22F4N4O2S/c1-12(2)16-11-26(14-4-5-15(20)17(9-14)30(24,28)29)7-8-27(16)18-6-3-13(10-25-18)19(21,22)23/h3-6,9-10,12,16H,7-8,11H2,1-2H3,(H2,24,28,29)/t16-/m0/s1. The van der Waals surface area contributed by atoms with E-state index in [1.807, 2.05) is 23.6 Å². The fourth-order valence-electron chi connectivity index (χ4n) is 3.53. The van der Waals surface area contributed by atoms with Crippen LogP contribution in [-0.2, 0) is 16.2 Å². The Morgan fingerprint density at radius 2 is 1.87 bits per heavy atom. The van der Waals surface area contributed by atoms with Crippen LogP contribution in [0.15, 0.2) is 41.4 Å². The molecule has 1 aromatic carbocycles. The largest absolute Gasteiger partial charge is 0.417 e. The number of rotatable bonds is 4. The highest BCUT2D eigenvalue weighted by Gasteiger charge is 2.33. The summed E-state index contributed by atoms with van der Waals surface area (Å²) in [6.45, 7) is 5.30. The Hall–Kier alpha value is -2.40. The highest BCUT2D eigenvalue weighted by molar-refractivity contribution is 7.89. The fourth-order valence-corrected chi connectivity index (χ4v) is 4.15. The molecule has 2 N–H and O–H groups in total. The van der Waals surface area contributed by atoms with Crippen LogP contribution >= 0.6 is 0 Å². The maximum Gasteiger partial charge on any atom is 0.417 e. The molecule has 0 bridgehead atoms. The van der Waals surface area contributed by atoms with Crippen molar-refractivity contribution in [2.24, 2.45) is 11.1 Å². The molecule has 0 saturated carbocycles. The zero-order chi connectivity index (χ0) is 22.3. The maximum absolute atomic E-state index is 13.9. The van der Waals surface area contributed by atoms with Crippen molar-refractivity contribution in [2.45, 2.75) is 31.0 Å². The Morgan fingerprint density at radius 3 is 2.40 bits per heavy atom. The predicted molar refractivity (Wildman–Crippen MR) is 105 cm³/mol. The summed E-state index contributed by atoms with van der Waals surface area (Å²) < 4.78 is 75.5. The van der Waals surface area contributed by atoms with Crippen LogP contribution in [0.1, 0.15) is 19.4 Å². The minimum Gasteiger partial charge on any atom is -0.368 e. The number of hydrogen-bond acceptors (Lipinski definition) is 5. The first-order valence-electron chi connectivity index (χ1n) is 9.25. The number of nitrogens with zero attached hydrogens (tertiary/aromatic N) is 3. The van der Waals surface area contributed by atoms with Gasteiger partial charge in [-0.1, -0.05) is 13.8 Å². The summed E-state index contributed by atoms with van der Waals surface area (Å²) in [5.41, 5.74) is -0.307. The molecule has 164 valence electrons. The summed E-state index contributed by atoms with van der Waals surface area (Å²) in [7, 11) is -4.21. The lowest BCUT2D eigenvalue weighted by atomic mass is 9.99. The van der Waals surface area contributed by atoms with Crippen LogP contribution in [0.3, 0.4) is 0 Å². The zero-order valence-corrected chi connectivity index (χ0v) is 17.2. The Kier molecular flexibility index (Phi) is 5.96. The van der Waals surface area contributed by atoms with Gasteiger partial charge in [0.15, 0.2) is 0 Å². The lowest BCUT2D eigenvalue weighted by molar-refractivity contribution is -0.137. The first-order chi connectivity index (χ1) is 13.9. The molecule has 6 nitrogen and oxygen atoms in total. The number of halogens is 4. The smallest absolute Gasteiger partial charge is 0.368 e. The number of aromatic nitrogens is 1. The van der Waals surface area contributed by atoms with Crippen molar-refractivity contribution >= 4 is 21.5 Å². The number of hydrogen-bond donors (Lipinski definition) is 1. The summed E-state index contributed by atoms with van der Waals surface area (Å²) in [4.78, 5) is 7.26. The van der Waals surface area contributed by atoms with Gasteiger partial charge in [0.05, 0.1) is 11.6 Å². The van der Waals surface area contributed by atoms with Gasteiger partial charge in [0.2, 0.25) is 10.0 Å². The van der Waals surface area contributed by atoms with Crippen molar-refractivity contribution in [3.8, 4) is 0 Å². The van der Waals surface area contributed by atoms with Crippen LogP contribution in [0.25, 0.3) is 0 Å². The molecule has 11 heteroatoms. The number of anilines is 2. The van der Waals surface area contributed by atoms with E-state index in [-0.39, 0.29) is 12.0 Å². The summed E-state index contributed by atoms with van der Waals surface area (Å²) in [6.07, 6.45) is -3.64. The maximum atomic E-state index is 13.9. The van der Waals surface area contributed by atoms with Crippen LogP contribution < -0.4 is 14.9 Å².